The zero-order valence-corrected chi connectivity index (χ0v) is 19.9. The molecule has 4 heterocycles. The van der Waals surface area contributed by atoms with Crippen LogP contribution in [0.15, 0.2) is 59.5 Å². The van der Waals surface area contributed by atoms with Gasteiger partial charge in [-0.05, 0) is 6.07 Å². The molecule has 36 heavy (non-hydrogen) atoms. The number of amides is 2. The van der Waals surface area contributed by atoms with Crippen LogP contribution in [0.4, 0.5) is 5.82 Å². The molecule has 0 bridgehead atoms. The second-order valence-corrected chi connectivity index (χ2v) is 8.47. The second-order valence-electron chi connectivity index (χ2n) is 8.47. The van der Waals surface area contributed by atoms with Crippen molar-refractivity contribution in [2.45, 2.75) is 26.3 Å². The SMILES string of the molecule is CC(C)c1noc(CN(C(=O)c2cnn(C)c2C(N)=O)c2ccn3cc(-c4ccccc4)nc3n2)n1. The van der Waals surface area contributed by atoms with E-state index >= 15 is 0 Å². The molecule has 5 rings (SSSR count). The fourth-order valence-corrected chi connectivity index (χ4v) is 3.75. The molecular formula is C24H23N9O3. The summed E-state index contributed by atoms with van der Waals surface area (Å²) in [6.07, 6.45) is 4.90. The summed E-state index contributed by atoms with van der Waals surface area (Å²) in [7, 11) is 1.54. The molecule has 0 aliphatic rings. The van der Waals surface area contributed by atoms with Gasteiger partial charge in [0.1, 0.15) is 18.1 Å². The van der Waals surface area contributed by atoms with Gasteiger partial charge in [0, 0.05) is 30.9 Å². The molecule has 0 aliphatic heterocycles. The van der Waals surface area contributed by atoms with E-state index < -0.39 is 11.8 Å². The molecule has 12 heteroatoms. The molecule has 2 N–H and O–H groups in total. The molecule has 0 fully saturated rings. The Hall–Kier alpha value is -4.87. The van der Waals surface area contributed by atoms with Crippen LogP contribution in [0, 0.1) is 0 Å². The number of hydrogen-bond acceptors (Lipinski definition) is 8. The molecule has 0 saturated heterocycles. The van der Waals surface area contributed by atoms with Gasteiger partial charge in [-0.15, -0.1) is 0 Å². The number of carbonyl (C=O) groups excluding carboxylic acids is 2. The summed E-state index contributed by atoms with van der Waals surface area (Å²) in [4.78, 5) is 40.7. The summed E-state index contributed by atoms with van der Waals surface area (Å²) in [5.74, 6) is 0.116. The van der Waals surface area contributed by atoms with E-state index in [-0.39, 0.29) is 35.4 Å². The number of nitrogens with two attached hydrogens (primary N) is 1. The molecule has 0 radical (unpaired) electrons. The fourth-order valence-electron chi connectivity index (χ4n) is 3.75. The largest absolute Gasteiger partial charge is 0.364 e. The van der Waals surface area contributed by atoms with E-state index in [0.29, 0.717) is 11.6 Å². The average Bonchev–Trinajstić information content (AvgIpc) is 3.60. The van der Waals surface area contributed by atoms with Crippen molar-refractivity contribution in [1.82, 2.24) is 34.3 Å². The van der Waals surface area contributed by atoms with Gasteiger partial charge in [-0.1, -0.05) is 49.3 Å². The van der Waals surface area contributed by atoms with Gasteiger partial charge in [0.25, 0.3) is 11.8 Å². The van der Waals surface area contributed by atoms with E-state index in [2.05, 4.69) is 25.2 Å². The van der Waals surface area contributed by atoms with E-state index in [1.54, 1.807) is 16.7 Å². The van der Waals surface area contributed by atoms with Gasteiger partial charge in [0.05, 0.1) is 17.5 Å². The molecule has 1 aromatic carbocycles. The van der Waals surface area contributed by atoms with Gasteiger partial charge >= 0.3 is 0 Å². The highest BCUT2D eigenvalue weighted by Crippen LogP contribution is 2.23. The van der Waals surface area contributed by atoms with Crippen LogP contribution in [0.3, 0.4) is 0 Å². The number of primary amides is 1. The number of aromatic nitrogens is 7. The predicted molar refractivity (Wildman–Crippen MR) is 129 cm³/mol. The Bertz CT molecular complexity index is 1570. The Labute approximate surface area is 205 Å². The van der Waals surface area contributed by atoms with Crippen LogP contribution >= 0.6 is 0 Å². The highest BCUT2D eigenvalue weighted by atomic mass is 16.5. The minimum Gasteiger partial charge on any atom is -0.364 e. The first-order chi connectivity index (χ1) is 17.3. The Morgan fingerprint density at radius 1 is 1.11 bits per heavy atom. The van der Waals surface area contributed by atoms with Crippen molar-refractivity contribution in [2.75, 3.05) is 4.90 Å². The number of rotatable bonds is 7. The number of benzene rings is 1. The molecule has 182 valence electrons. The number of nitrogens with zero attached hydrogens (tertiary/aromatic N) is 8. The van der Waals surface area contributed by atoms with E-state index in [1.807, 2.05) is 50.4 Å². The lowest BCUT2D eigenvalue weighted by Gasteiger charge is -2.20. The van der Waals surface area contributed by atoms with Crippen molar-refractivity contribution in [3.05, 3.63) is 78.0 Å². The summed E-state index contributed by atoms with van der Waals surface area (Å²) in [5.41, 5.74) is 7.20. The number of anilines is 1. The highest BCUT2D eigenvalue weighted by Gasteiger charge is 2.28. The molecule has 0 spiro atoms. The summed E-state index contributed by atoms with van der Waals surface area (Å²) in [6.45, 7) is 3.79. The summed E-state index contributed by atoms with van der Waals surface area (Å²) < 4.78 is 8.40. The molecule has 5 aromatic rings. The first-order valence-corrected chi connectivity index (χ1v) is 11.2. The van der Waals surface area contributed by atoms with Gasteiger partial charge in [0.2, 0.25) is 11.7 Å². The topological polar surface area (TPSA) is 150 Å². The van der Waals surface area contributed by atoms with Crippen LogP contribution in [-0.2, 0) is 13.6 Å². The first-order valence-electron chi connectivity index (χ1n) is 11.2. The van der Waals surface area contributed by atoms with Crippen LogP contribution in [0.2, 0.25) is 0 Å². The van der Waals surface area contributed by atoms with Crippen LogP contribution in [0.25, 0.3) is 17.0 Å². The summed E-state index contributed by atoms with van der Waals surface area (Å²) in [6, 6.07) is 11.4. The minimum absolute atomic E-state index is 0.0216. The lowest BCUT2D eigenvalue weighted by Crippen LogP contribution is -2.33. The number of imidazole rings is 1. The fraction of sp³-hybridized carbons (Fsp3) is 0.208. The third-order valence-corrected chi connectivity index (χ3v) is 5.60. The van der Waals surface area contributed by atoms with Crippen molar-refractivity contribution < 1.29 is 14.1 Å². The maximum Gasteiger partial charge on any atom is 0.267 e. The monoisotopic (exact) mass is 485 g/mol. The van der Waals surface area contributed by atoms with Crippen molar-refractivity contribution in [2.24, 2.45) is 12.8 Å². The molecule has 12 nitrogen and oxygen atoms in total. The van der Waals surface area contributed by atoms with Crippen LogP contribution in [-0.4, -0.2) is 46.1 Å². The number of carbonyl (C=O) groups is 2. The normalized spacial score (nSPS) is 11.3. The third kappa shape index (κ3) is 4.19. The predicted octanol–water partition coefficient (Wildman–Crippen LogP) is 2.58. The third-order valence-electron chi connectivity index (χ3n) is 5.60. The Balaban J connectivity index is 1.58. The molecule has 0 atom stereocenters. The van der Waals surface area contributed by atoms with Crippen molar-refractivity contribution >= 4 is 23.4 Å². The maximum atomic E-state index is 13.7. The number of aryl methyl sites for hydroxylation is 1. The van der Waals surface area contributed by atoms with Crippen LogP contribution < -0.4 is 10.6 Å². The number of hydrogen-bond donors (Lipinski definition) is 1. The Morgan fingerprint density at radius 3 is 2.58 bits per heavy atom. The number of fused-ring (bicyclic) bond motifs is 1. The highest BCUT2D eigenvalue weighted by molar-refractivity contribution is 6.11. The van der Waals surface area contributed by atoms with E-state index in [1.165, 1.54) is 22.8 Å². The van der Waals surface area contributed by atoms with Gasteiger partial charge in [-0.2, -0.15) is 15.1 Å². The van der Waals surface area contributed by atoms with E-state index in [0.717, 1.165) is 11.3 Å². The van der Waals surface area contributed by atoms with Crippen LogP contribution in [0.5, 0.6) is 0 Å². The maximum absolute atomic E-state index is 13.7. The van der Waals surface area contributed by atoms with Crippen molar-refractivity contribution in [1.29, 1.82) is 0 Å². The zero-order chi connectivity index (χ0) is 25.4. The minimum atomic E-state index is -0.776. The van der Waals surface area contributed by atoms with Gasteiger partial charge in [-0.3, -0.25) is 23.6 Å². The Morgan fingerprint density at radius 2 is 1.89 bits per heavy atom. The zero-order valence-electron chi connectivity index (χ0n) is 19.9. The molecule has 0 unspecified atom stereocenters. The average molecular weight is 486 g/mol. The second kappa shape index (κ2) is 9.06. The summed E-state index contributed by atoms with van der Waals surface area (Å²) >= 11 is 0. The van der Waals surface area contributed by atoms with E-state index in [4.69, 9.17) is 10.3 Å². The molecule has 0 aliphatic carbocycles. The van der Waals surface area contributed by atoms with E-state index in [9.17, 15) is 9.59 Å². The standard InChI is InChI=1S/C24H23N9O3/c1-14(2)22-29-19(36-30-22)13-33(23(35)16-11-26-31(3)20(16)21(25)34)18-9-10-32-12-17(27-24(32)28-18)15-7-5-4-6-8-15/h4-12,14H,13H2,1-3H3,(H2,25,34). The molecule has 4 aromatic heterocycles. The lowest BCUT2D eigenvalue weighted by atomic mass is 10.2. The van der Waals surface area contributed by atoms with Gasteiger partial charge < -0.3 is 10.3 Å². The van der Waals surface area contributed by atoms with Gasteiger partial charge in [-0.25, -0.2) is 4.98 Å². The van der Waals surface area contributed by atoms with Crippen LogP contribution in [0.1, 0.15) is 52.3 Å². The Kier molecular flexibility index (Phi) is 5.76. The molecule has 0 saturated carbocycles. The molecular weight excluding hydrogens is 462 g/mol. The van der Waals surface area contributed by atoms with Gasteiger partial charge in [0.15, 0.2) is 5.82 Å². The molecule has 2 amide bonds. The first kappa shape index (κ1) is 22.9. The summed E-state index contributed by atoms with van der Waals surface area (Å²) in [5, 5.41) is 8.02. The van der Waals surface area contributed by atoms with Crippen molar-refractivity contribution in [3.63, 3.8) is 0 Å². The quantitative estimate of drug-likeness (QED) is 0.369. The van der Waals surface area contributed by atoms with Crippen molar-refractivity contribution in [3.8, 4) is 11.3 Å². The lowest BCUT2D eigenvalue weighted by molar-refractivity contribution is 0.0952. The smallest absolute Gasteiger partial charge is 0.267 e.